The molecule has 3 aliphatic rings. The Morgan fingerprint density at radius 3 is 1.97 bits per heavy atom. The molecule has 0 aromatic carbocycles. The van der Waals surface area contributed by atoms with Crippen molar-refractivity contribution in [2.75, 3.05) is 32.7 Å². The minimum atomic E-state index is -5.08. The van der Waals surface area contributed by atoms with Crippen LogP contribution in [0.3, 0.4) is 0 Å². The molecule has 0 bridgehead atoms. The number of likely N-dealkylation sites (tertiary alicyclic amines) is 2. The summed E-state index contributed by atoms with van der Waals surface area (Å²) in [5.74, 6) is -2.65. The molecule has 206 valence electrons. The highest BCUT2D eigenvalue weighted by atomic mass is 19.4. The monoisotopic (exact) mass is 530 g/mol. The second-order valence-electron chi connectivity index (χ2n) is 9.44. The van der Waals surface area contributed by atoms with Gasteiger partial charge in [0.25, 0.3) is 0 Å². The maximum absolute atomic E-state index is 10.6. The first-order valence-electron chi connectivity index (χ1n) is 11.7. The van der Waals surface area contributed by atoms with Gasteiger partial charge in [0.1, 0.15) is 0 Å². The normalized spacial score (nSPS) is 24.8. The van der Waals surface area contributed by atoms with Crippen molar-refractivity contribution in [2.45, 2.75) is 51.0 Å². The van der Waals surface area contributed by atoms with E-state index in [-0.39, 0.29) is 0 Å². The number of alkyl halides is 6. The van der Waals surface area contributed by atoms with Gasteiger partial charge in [-0.1, -0.05) is 6.42 Å². The number of hydrogen-bond donors (Lipinski definition) is 2. The van der Waals surface area contributed by atoms with Crippen molar-refractivity contribution in [3.63, 3.8) is 0 Å². The van der Waals surface area contributed by atoms with Crippen molar-refractivity contribution in [3.8, 4) is 0 Å². The first-order chi connectivity index (χ1) is 16.7. The molecule has 2 saturated heterocycles. The molecule has 1 aromatic rings. The van der Waals surface area contributed by atoms with Gasteiger partial charge in [-0.25, -0.2) is 9.59 Å². The van der Waals surface area contributed by atoms with E-state index in [1.165, 1.54) is 70.4 Å². The van der Waals surface area contributed by atoms with Crippen LogP contribution < -0.4 is 0 Å². The second-order valence-corrected chi connectivity index (χ2v) is 9.44. The van der Waals surface area contributed by atoms with Gasteiger partial charge in [-0.05, 0) is 56.5 Å². The first kappa shape index (κ1) is 29.9. The predicted molar refractivity (Wildman–Crippen MR) is 116 cm³/mol. The molecule has 1 aromatic heterocycles. The maximum Gasteiger partial charge on any atom is 0.490 e. The summed E-state index contributed by atoms with van der Waals surface area (Å²) in [5.41, 5.74) is 1.37. The summed E-state index contributed by atoms with van der Waals surface area (Å²) in [6.07, 6.45) is 1.28. The second kappa shape index (κ2) is 12.7. The van der Waals surface area contributed by atoms with Crippen LogP contribution in [0, 0.1) is 17.8 Å². The molecule has 2 N–H and O–H groups in total. The van der Waals surface area contributed by atoms with E-state index in [1.807, 2.05) is 17.9 Å². The number of nitrogens with zero attached hydrogens (tertiary/aromatic N) is 4. The number of carbonyl (C=O) groups is 2. The number of carboxylic acid groups (broad SMARTS) is 2. The molecule has 2 aliphatic heterocycles. The van der Waals surface area contributed by atoms with E-state index in [2.05, 4.69) is 21.1 Å². The fourth-order valence-electron chi connectivity index (χ4n) is 5.15. The molecule has 36 heavy (non-hydrogen) atoms. The van der Waals surface area contributed by atoms with Crippen molar-refractivity contribution >= 4 is 11.9 Å². The molecule has 0 unspecified atom stereocenters. The number of rotatable bonds is 4. The third-order valence-corrected chi connectivity index (χ3v) is 6.66. The average Bonchev–Trinajstić information content (AvgIpc) is 3.49. The number of aromatic nitrogens is 2. The lowest BCUT2D eigenvalue weighted by atomic mass is 9.73. The molecule has 1 aliphatic carbocycles. The van der Waals surface area contributed by atoms with Crippen LogP contribution in [-0.4, -0.2) is 86.8 Å². The summed E-state index contributed by atoms with van der Waals surface area (Å²) in [6.45, 7) is 7.81. The van der Waals surface area contributed by atoms with Crippen LogP contribution in [0.2, 0.25) is 0 Å². The van der Waals surface area contributed by atoms with Gasteiger partial charge in [-0.15, -0.1) is 0 Å². The Hall–Kier alpha value is -2.35. The Kier molecular flexibility index (Phi) is 10.6. The highest BCUT2D eigenvalue weighted by Crippen LogP contribution is 2.41. The Bertz CT molecular complexity index is 830. The molecule has 0 amide bonds. The minimum absolute atomic E-state index is 0.950. The quantitative estimate of drug-likeness (QED) is 0.574. The van der Waals surface area contributed by atoms with Crippen LogP contribution in [0.25, 0.3) is 0 Å². The summed E-state index contributed by atoms with van der Waals surface area (Å²) in [5, 5.41) is 18.6. The number of fused-ring (bicyclic) bond motifs is 1. The highest BCUT2D eigenvalue weighted by Gasteiger charge is 2.41. The van der Waals surface area contributed by atoms with Gasteiger partial charge < -0.3 is 15.1 Å². The largest absolute Gasteiger partial charge is 0.490 e. The molecule has 8 nitrogen and oxygen atoms in total. The molecule has 3 atom stereocenters. The van der Waals surface area contributed by atoms with Crippen molar-refractivity contribution in [1.82, 2.24) is 19.6 Å². The lowest BCUT2D eigenvalue weighted by molar-refractivity contribution is -0.193. The molecular weight excluding hydrogens is 498 g/mol. The van der Waals surface area contributed by atoms with Crippen LogP contribution in [0.5, 0.6) is 0 Å². The minimum Gasteiger partial charge on any atom is -0.475 e. The summed E-state index contributed by atoms with van der Waals surface area (Å²) in [4.78, 5) is 23.2. The van der Waals surface area contributed by atoms with Crippen molar-refractivity contribution in [3.05, 3.63) is 18.0 Å². The predicted octanol–water partition coefficient (Wildman–Crippen LogP) is 3.63. The standard InChI is InChI=1S/C18H30N4.2C2HF3O2/c1-20-10-15(9-19-20)11-22-13-17-6-4-5-16(18(17)14-22)12-21-7-2-3-8-21;2*3-2(4,5)1(6)7/h9-10,16-18H,2-8,11-14H2,1H3;2*(H,6,7)/t16-,17+,18+;;/m0../s1. The third kappa shape index (κ3) is 9.60. The van der Waals surface area contributed by atoms with Crippen LogP contribution in [0.15, 0.2) is 12.4 Å². The number of carboxylic acids is 2. The van der Waals surface area contributed by atoms with Gasteiger partial charge in [0, 0.05) is 45.0 Å². The fraction of sp³-hybridized carbons (Fsp3) is 0.773. The van der Waals surface area contributed by atoms with Gasteiger partial charge in [0.05, 0.1) is 6.20 Å². The summed E-state index contributed by atoms with van der Waals surface area (Å²) in [7, 11) is 2.01. The van der Waals surface area contributed by atoms with Crippen molar-refractivity contribution < 1.29 is 46.1 Å². The van der Waals surface area contributed by atoms with Crippen LogP contribution in [0.4, 0.5) is 26.3 Å². The SMILES string of the molecule is Cn1cc(CN2C[C@H]3CCC[C@@H](CN4CCCC4)[C@H]3C2)cn1.O=C(O)C(F)(F)F.O=C(O)C(F)(F)F. The molecule has 3 fully saturated rings. The van der Waals surface area contributed by atoms with Crippen LogP contribution >= 0.6 is 0 Å². The van der Waals surface area contributed by atoms with Crippen molar-refractivity contribution in [1.29, 1.82) is 0 Å². The lowest BCUT2D eigenvalue weighted by Gasteiger charge is -2.35. The van der Waals surface area contributed by atoms with Crippen LogP contribution in [0.1, 0.15) is 37.7 Å². The van der Waals surface area contributed by atoms with E-state index in [0.29, 0.717) is 0 Å². The zero-order valence-electron chi connectivity index (χ0n) is 19.9. The molecule has 4 rings (SSSR count). The number of halogens is 6. The number of aryl methyl sites for hydroxylation is 1. The smallest absolute Gasteiger partial charge is 0.475 e. The van der Waals surface area contributed by atoms with E-state index in [1.54, 1.807) is 0 Å². The van der Waals surface area contributed by atoms with Gasteiger partial charge in [0.2, 0.25) is 0 Å². The maximum atomic E-state index is 10.6. The Balaban J connectivity index is 0.000000271. The van der Waals surface area contributed by atoms with E-state index in [4.69, 9.17) is 19.8 Å². The van der Waals surface area contributed by atoms with Crippen LogP contribution in [-0.2, 0) is 23.2 Å². The third-order valence-electron chi connectivity index (χ3n) is 6.66. The zero-order chi connectivity index (χ0) is 27.1. The first-order valence-corrected chi connectivity index (χ1v) is 11.7. The zero-order valence-corrected chi connectivity index (χ0v) is 19.9. The Morgan fingerprint density at radius 1 is 0.944 bits per heavy atom. The Labute approximate surface area is 204 Å². The van der Waals surface area contributed by atoms with E-state index < -0.39 is 24.3 Å². The van der Waals surface area contributed by atoms with E-state index >= 15 is 0 Å². The summed E-state index contributed by atoms with van der Waals surface area (Å²) in [6, 6.07) is 0. The van der Waals surface area contributed by atoms with Gasteiger partial charge in [-0.2, -0.15) is 31.4 Å². The molecular formula is C22H32F6N4O4. The summed E-state index contributed by atoms with van der Waals surface area (Å²) >= 11 is 0. The van der Waals surface area contributed by atoms with E-state index in [0.717, 1.165) is 24.3 Å². The topological polar surface area (TPSA) is 98.9 Å². The fourth-order valence-corrected chi connectivity index (χ4v) is 5.15. The number of aliphatic carboxylic acids is 2. The van der Waals surface area contributed by atoms with Gasteiger partial charge in [-0.3, -0.25) is 9.58 Å². The summed E-state index contributed by atoms with van der Waals surface area (Å²) < 4.78 is 65.4. The lowest BCUT2D eigenvalue weighted by Crippen LogP contribution is -2.36. The van der Waals surface area contributed by atoms with Gasteiger partial charge in [0.15, 0.2) is 0 Å². The molecule has 3 heterocycles. The number of hydrogen-bond acceptors (Lipinski definition) is 5. The van der Waals surface area contributed by atoms with Gasteiger partial charge >= 0.3 is 24.3 Å². The molecule has 1 saturated carbocycles. The average molecular weight is 531 g/mol. The molecule has 0 spiro atoms. The highest BCUT2D eigenvalue weighted by molar-refractivity contribution is 5.73. The molecule has 14 heteroatoms. The molecule has 0 radical (unpaired) electrons. The van der Waals surface area contributed by atoms with E-state index in [9.17, 15) is 26.3 Å². The Morgan fingerprint density at radius 2 is 1.50 bits per heavy atom. The van der Waals surface area contributed by atoms with Crippen molar-refractivity contribution in [2.24, 2.45) is 24.8 Å².